The Labute approximate surface area is 156 Å². The third kappa shape index (κ3) is 6.89. The van der Waals surface area contributed by atoms with Crippen molar-refractivity contribution in [3.63, 3.8) is 0 Å². The molecular weight excluding hydrogens is 326 g/mol. The number of aliphatic hydroxyl groups excluding tert-OH is 1. The standard InChI is InChI=1S/C22H29NO3/c1-22(2,3)26-21(25)23-16-20(19-7-5-4-6-8-19)15-18-11-9-17(10-12-18)13-14-24/h4-12,20,24H,13-16H2,1-3H3,(H,23,25). The molecule has 0 saturated carbocycles. The van der Waals surface area contributed by atoms with Gasteiger partial charge in [0.2, 0.25) is 0 Å². The van der Waals surface area contributed by atoms with Gasteiger partial charge < -0.3 is 15.2 Å². The monoisotopic (exact) mass is 355 g/mol. The fourth-order valence-corrected chi connectivity index (χ4v) is 2.81. The molecule has 2 N–H and O–H groups in total. The average Bonchev–Trinajstić information content (AvgIpc) is 2.59. The van der Waals surface area contributed by atoms with Crippen molar-refractivity contribution in [2.45, 2.75) is 45.1 Å². The van der Waals surface area contributed by atoms with E-state index in [0.717, 1.165) is 12.0 Å². The van der Waals surface area contributed by atoms with Gasteiger partial charge in [0.05, 0.1) is 0 Å². The molecule has 0 radical (unpaired) electrons. The number of hydrogen-bond donors (Lipinski definition) is 2. The maximum Gasteiger partial charge on any atom is 0.407 e. The zero-order valence-corrected chi connectivity index (χ0v) is 15.9. The fraction of sp³-hybridized carbons (Fsp3) is 0.409. The molecule has 0 aliphatic rings. The molecule has 0 aliphatic heterocycles. The summed E-state index contributed by atoms with van der Waals surface area (Å²) in [6, 6.07) is 18.5. The van der Waals surface area contributed by atoms with Gasteiger partial charge in [0.25, 0.3) is 0 Å². The van der Waals surface area contributed by atoms with Crippen molar-refractivity contribution in [3.8, 4) is 0 Å². The third-order valence-corrected chi connectivity index (χ3v) is 4.07. The van der Waals surface area contributed by atoms with Crippen LogP contribution in [-0.4, -0.2) is 30.0 Å². The molecular formula is C22H29NO3. The van der Waals surface area contributed by atoms with Gasteiger partial charge in [-0.2, -0.15) is 0 Å². The first-order valence-corrected chi connectivity index (χ1v) is 9.08. The molecule has 0 heterocycles. The van der Waals surface area contributed by atoms with Gasteiger partial charge in [-0.15, -0.1) is 0 Å². The number of ether oxygens (including phenoxy) is 1. The van der Waals surface area contributed by atoms with Crippen molar-refractivity contribution in [3.05, 3.63) is 71.3 Å². The maximum atomic E-state index is 12.0. The first-order valence-electron chi connectivity index (χ1n) is 9.08. The molecule has 0 saturated heterocycles. The Morgan fingerprint density at radius 3 is 2.23 bits per heavy atom. The summed E-state index contributed by atoms with van der Waals surface area (Å²) in [5.74, 6) is 0.160. The molecule has 0 aliphatic carbocycles. The molecule has 0 spiro atoms. The van der Waals surface area contributed by atoms with E-state index in [-0.39, 0.29) is 12.5 Å². The van der Waals surface area contributed by atoms with E-state index in [4.69, 9.17) is 9.84 Å². The van der Waals surface area contributed by atoms with Crippen LogP contribution < -0.4 is 5.32 Å². The van der Waals surface area contributed by atoms with Crippen LogP contribution in [0.4, 0.5) is 4.79 Å². The van der Waals surface area contributed by atoms with E-state index in [9.17, 15) is 4.79 Å². The van der Waals surface area contributed by atoms with E-state index in [1.807, 2.05) is 39.0 Å². The highest BCUT2D eigenvalue weighted by atomic mass is 16.6. The first-order chi connectivity index (χ1) is 12.4. The first kappa shape index (κ1) is 20.0. The lowest BCUT2D eigenvalue weighted by Gasteiger charge is -2.22. The summed E-state index contributed by atoms with van der Waals surface area (Å²) in [7, 11) is 0. The van der Waals surface area contributed by atoms with Gasteiger partial charge in [0.15, 0.2) is 0 Å². The van der Waals surface area contributed by atoms with Crippen LogP contribution in [0.1, 0.15) is 43.4 Å². The lowest BCUT2D eigenvalue weighted by molar-refractivity contribution is 0.0524. The predicted molar refractivity (Wildman–Crippen MR) is 104 cm³/mol. The van der Waals surface area contributed by atoms with Gasteiger partial charge in [0, 0.05) is 19.1 Å². The number of nitrogens with one attached hydrogen (secondary N) is 1. The minimum atomic E-state index is -0.505. The minimum Gasteiger partial charge on any atom is -0.444 e. The Morgan fingerprint density at radius 2 is 1.65 bits per heavy atom. The smallest absolute Gasteiger partial charge is 0.407 e. The molecule has 0 fully saturated rings. The van der Waals surface area contributed by atoms with Crippen molar-refractivity contribution < 1.29 is 14.6 Å². The Kier molecular flexibility index (Phi) is 7.22. The summed E-state index contributed by atoms with van der Waals surface area (Å²) < 4.78 is 5.34. The highest BCUT2D eigenvalue weighted by Gasteiger charge is 2.18. The Bertz CT molecular complexity index is 675. The van der Waals surface area contributed by atoms with Gasteiger partial charge >= 0.3 is 6.09 Å². The molecule has 4 nitrogen and oxygen atoms in total. The molecule has 2 rings (SSSR count). The van der Waals surface area contributed by atoms with E-state index in [0.29, 0.717) is 13.0 Å². The summed E-state index contributed by atoms with van der Waals surface area (Å²) in [5, 5.41) is 11.9. The van der Waals surface area contributed by atoms with Crippen LogP contribution in [0.15, 0.2) is 54.6 Å². The predicted octanol–water partition coefficient (Wildman–Crippen LogP) is 4.07. The fourth-order valence-electron chi connectivity index (χ4n) is 2.81. The number of rotatable bonds is 7. The SMILES string of the molecule is CC(C)(C)OC(=O)NCC(Cc1ccc(CCO)cc1)c1ccccc1. The maximum absolute atomic E-state index is 12.0. The number of carbonyl (C=O) groups excluding carboxylic acids is 1. The normalized spacial score (nSPS) is 12.5. The van der Waals surface area contributed by atoms with E-state index < -0.39 is 11.7 Å². The zero-order valence-electron chi connectivity index (χ0n) is 15.9. The van der Waals surface area contributed by atoms with Gasteiger partial charge in [-0.1, -0.05) is 54.6 Å². The number of amides is 1. The Balaban J connectivity index is 2.05. The number of aliphatic hydroxyl groups is 1. The van der Waals surface area contributed by atoms with Crippen LogP contribution in [0.5, 0.6) is 0 Å². The van der Waals surface area contributed by atoms with Gasteiger partial charge in [-0.25, -0.2) is 4.79 Å². The molecule has 2 aromatic carbocycles. The molecule has 0 bridgehead atoms. The topological polar surface area (TPSA) is 58.6 Å². The second-order valence-corrected chi connectivity index (χ2v) is 7.48. The van der Waals surface area contributed by atoms with Crippen LogP contribution in [-0.2, 0) is 17.6 Å². The molecule has 1 amide bonds. The third-order valence-electron chi connectivity index (χ3n) is 4.07. The lowest BCUT2D eigenvalue weighted by atomic mass is 9.91. The summed E-state index contributed by atoms with van der Waals surface area (Å²) in [5.41, 5.74) is 3.00. The number of carbonyl (C=O) groups is 1. The van der Waals surface area contributed by atoms with Crippen molar-refractivity contribution in [1.82, 2.24) is 5.32 Å². The molecule has 26 heavy (non-hydrogen) atoms. The van der Waals surface area contributed by atoms with E-state index in [2.05, 4.69) is 41.7 Å². The van der Waals surface area contributed by atoms with Gasteiger partial charge in [-0.3, -0.25) is 0 Å². The average molecular weight is 355 g/mol. The number of hydrogen-bond acceptors (Lipinski definition) is 3. The summed E-state index contributed by atoms with van der Waals surface area (Å²) in [4.78, 5) is 12.0. The number of benzene rings is 2. The summed E-state index contributed by atoms with van der Waals surface area (Å²) >= 11 is 0. The minimum absolute atomic E-state index is 0.159. The largest absolute Gasteiger partial charge is 0.444 e. The lowest BCUT2D eigenvalue weighted by Crippen LogP contribution is -2.35. The van der Waals surface area contributed by atoms with Crippen molar-refractivity contribution in [1.29, 1.82) is 0 Å². The molecule has 4 heteroatoms. The molecule has 140 valence electrons. The van der Waals surface area contributed by atoms with E-state index in [1.165, 1.54) is 11.1 Å². The van der Waals surface area contributed by atoms with Crippen LogP contribution in [0.2, 0.25) is 0 Å². The highest BCUT2D eigenvalue weighted by Crippen LogP contribution is 2.21. The Hall–Kier alpha value is -2.33. The van der Waals surface area contributed by atoms with Crippen LogP contribution >= 0.6 is 0 Å². The molecule has 1 unspecified atom stereocenters. The molecule has 0 aromatic heterocycles. The molecule has 1 atom stereocenters. The van der Waals surface area contributed by atoms with Gasteiger partial charge in [-0.05, 0) is 50.3 Å². The summed E-state index contributed by atoms with van der Waals surface area (Å²) in [6.45, 7) is 6.24. The van der Waals surface area contributed by atoms with E-state index in [1.54, 1.807) is 0 Å². The quantitative estimate of drug-likeness (QED) is 0.787. The second kappa shape index (κ2) is 9.39. The molecule has 2 aromatic rings. The van der Waals surface area contributed by atoms with E-state index >= 15 is 0 Å². The van der Waals surface area contributed by atoms with Crippen LogP contribution in [0.25, 0.3) is 0 Å². The number of alkyl carbamates (subject to hydrolysis) is 1. The van der Waals surface area contributed by atoms with Crippen molar-refractivity contribution >= 4 is 6.09 Å². The second-order valence-electron chi connectivity index (χ2n) is 7.48. The Morgan fingerprint density at radius 1 is 1.04 bits per heavy atom. The summed E-state index contributed by atoms with van der Waals surface area (Å²) in [6.07, 6.45) is 1.10. The van der Waals surface area contributed by atoms with Crippen molar-refractivity contribution in [2.75, 3.05) is 13.2 Å². The zero-order chi connectivity index (χ0) is 19.0. The van der Waals surface area contributed by atoms with Crippen LogP contribution in [0.3, 0.4) is 0 Å². The van der Waals surface area contributed by atoms with Gasteiger partial charge in [0.1, 0.15) is 5.60 Å². The highest BCUT2D eigenvalue weighted by molar-refractivity contribution is 5.67. The van der Waals surface area contributed by atoms with Crippen molar-refractivity contribution in [2.24, 2.45) is 0 Å². The van der Waals surface area contributed by atoms with Crippen LogP contribution in [0, 0.1) is 0 Å².